The van der Waals surface area contributed by atoms with Gasteiger partial charge in [0.2, 0.25) is 0 Å². The summed E-state index contributed by atoms with van der Waals surface area (Å²) in [7, 11) is 1.97. The Balaban J connectivity index is 2.02. The van der Waals surface area contributed by atoms with Crippen LogP contribution in [0.25, 0.3) is 0 Å². The number of rotatable bonds is 4. The van der Waals surface area contributed by atoms with E-state index in [0.717, 1.165) is 25.6 Å². The molecule has 1 aromatic rings. The quantitative estimate of drug-likeness (QED) is 0.909. The summed E-state index contributed by atoms with van der Waals surface area (Å²) in [6.07, 6.45) is -0.703. The molecular formula is C16H23F3N2. The number of hydrogen-bond acceptors (Lipinski definition) is 2. The number of alkyl halides is 3. The average molecular weight is 300 g/mol. The van der Waals surface area contributed by atoms with Gasteiger partial charge >= 0.3 is 6.18 Å². The van der Waals surface area contributed by atoms with Crippen LogP contribution in [0.5, 0.6) is 0 Å². The van der Waals surface area contributed by atoms with Crippen molar-refractivity contribution in [3.05, 3.63) is 35.4 Å². The van der Waals surface area contributed by atoms with Crippen LogP contribution >= 0.6 is 0 Å². The molecule has 1 heterocycles. The Morgan fingerprint density at radius 3 is 2.71 bits per heavy atom. The third-order valence-corrected chi connectivity index (χ3v) is 4.28. The van der Waals surface area contributed by atoms with Gasteiger partial charge in [-0.25, -0.2) is 0 Å². The fourth-order valence-electron chi connectivity index (χ4n) is 2.81. The highest BCUT2D eigenvalue weighted by molar-refractivity contribution is 5.27. The molecule has 1 aliphatic rings. The van der Waals surface area contributed by atoms with E-state index in [9.17, 15) is 13.2 Å². The van der Waals surface area contributed by atoms with Gasteiger partial charge in [-0.15, -0.1) is 0 Å². The predicted molar refractivity (Wildman–Crippen MR) is 78.1 cm³/mol. The van der Waals surface area contributed by atoms with Gasteiger partial charge in [-0.05, 0) is 51.1 Å². The Morgan fingerprint density at radius 1 is 1.33 bits per heavy atom. The minimum Gasteiger partial charge on any atom is -0.313 e. The van der Waals surface area contributed by atoms with E-state index in [1.165, 1.54) is 25.0 Å². The Morgan fingerprint density at radius 2 is 2.10 bits per heavy atom. The van der Waals surface area contributed by atoms with Gasteiger partial charge in [0.1, 0.15) is 0 Å². The van der Waals surface area contributed by atoms with Gasteiger partial charge in [-0.2, -0.15) is 13.2 Å². The average Bonchev–Trinajstić information content (AvgIpc) is 2.46. The van der Waals surface area contributed by atoms with Crippen molar-refractivity contribution in [3.63, 3.8) is 0 Å². The molecule has 0 saturated carbocycles. The highest BCUT2D eigenvalue weighted by atomic mass is 19.4. The second-order valence-corrected chi connectivity index (χ2v) is 5.89. The lowest BCUT2D eigenvalue weighted by Crippen LogP contribution is -2.43. The van der Waals surface area contributed by atoms with Crippen LogP contribution in [0, 0.1) is 0 Å². The van der Waals surface area contributed by atoms with Crippen LogP contribution in [0.3, 0.4) is 0 Å². The van der Waals surface area contributed by atoms with Crippen molar-refractivity contribution in [1.82, 2.24) is 10.2 Å². The maximum absolute atomic E-state index is 12.8. The SMILES string of the molecule is CC(c1cccc(C(F)(F)F)c1)N(C)CC1CCCCN1. The van der Waals surface area contributed by atoms with Gasteiger partial charge in [-0.3, -0.25) is 4.90 Å². The van der Waals surface area contributed by atoms with Crippen LogP contribution in [-0.4, -0.2) is 31.1 Å². The molecule has 1 fully saturated rings. The van der Waals surface area contributed by atoms with E-state index in [1.807, 2.05) is 14.0 Å². The monoisotopic (exact) mass is 300 g/mol. The van der Waals surface area contributed by atoms with E-state index in [1.54, 1.807) is 6.07 Å². The largest absolute Gasteiger partial charge is 0.416 e. The Bertz CT molecular complexity index is 453. The van der Waals surface area contributed by atoms with E-state index in [4.69, 9.17) is 0 Å². The zero-order chi connectivity index (χ0) is 15.5. The first kappa shape index (κ1) is 16.3. The van der Waals surface area contributed by atoms with Crippen molar-refractivity contribution in [2.75, 3.05) is 20.1 Å². The van der Waals surface area contributed by atoms with Crippen LogP contribution in [0.4, 0.5) is 13.2 Å². The molecule has 118 valence electrons. The molecule has 0 bridgehead atoms. The molecule has 2 nitrogen and oxygen atoms in total. The summed E-state index contributed by atoms with van der Waals surface area (Å²) >= 11 is 0. The van der Waals surface area contributed by atoms with Crippen molar-refractivity contribution in [2.45, 2.75) is 44.4 Å². The molecule has 0 spiro atoms. The number of halogens is 3. The zero-order valence-electron chi connectivity index (χ0n) is 12.6. The maximum atomic E-state index is 12.8. The second-order valence-electron chi connectivity index (χ2n) is 5.89. The smallest absolute Gasteiger partial charge is 0.313 e. The van der Waals surface area contributed by atoms with Crippen molar-refractivity contribution in [3.8, 4) is 0 Å². The highest BCUT2D eigenvalue weighted by Gasteiger charge is 2.31. The summed E-state index contributed by atoms with van der Waals surface area (Å²) in [6, 6.07) is 6.05. The summed E-state index contributed by atoms with van der Waals surface area (Å²) in [6.45, 7) is 3.85. The summed E-state index contributed by atoms with van der Waals surface area (Å²) in [5, 5.41) is 3.47. The van der Waals surface area contributed by atoms with Crippen LogP contribution in [0.2, 0.25) is 0 Å². The minimum absolute atomic E-state index is 0.0315. The van der Waals surface area contributed by atoms with Crippen LogP contribution < -0.4 is 5.32 Å². The predicted octanol–water partition coefficient (Wildman–Crippen LogP) is 3.84. The lowest BCUT2D eigenvalue weighted by Gasteiger charge is -2.32. The van der Waals surface area contributed by atoms with Crippen molar-refractivity contribution in [1.29, 1.82) is 0 Å². The van der Waals surface area contributed by atoms with Gasteiger partial charge in [0.25, 0.3) is 0 Å². The first-order valence-electron chi connectivity index (χ1n) is 7.48. The van der Waals surface area contributed by atoms with E-state index in [2.05, 4.69) is 10.2 Å². The van der Waals surface area contributed by atoms with Crippen molar-refractivity contribution in [2.24, 2.45) is 0 Å². The Hall–Kier alpha value is -1.07. The third-order valence-electron chi connectivity index (χ3n) is 4.28. The fraction of sp³-hybridized carbons (Fsp3) is 0.625. The summed E-state index contributed by atoms with van der Waals surface area (Å²) in [5.74, 6) is 0. The number of nitrogens with one attached hydrogen (secondary N) is 1. The molecule has 2 unspecified atom stereocenters. The Kier molecular flexibility index (Phi) is 5.27. The number of likely N-dealkylation sites (N-methyl/N-ethyl adjacent to an activating group) is 1. The zero-order valence-corrected chi connectivity index (χ0v) is 12.6. The molecule has 1 aliphatic heterocycles. The number of hydrogen-bond donors (Lipinski definition) is 1. The first-order chi connectivity index (χ1) is 9.88. The van der Waals surface area contributed by atoms with Crippen LogP contribution in [0.15, 0.2) is 24.3 Å². The molecular weight excluding hydrogens is 277 g/mol. The van der Waals surface area contributed by atoms with Crippen LogP contribution in [-0.2, 0) is 6.18 Å². The Labute approximate surface area is 124 Å². The molecule has 0 radical (unpaired) electrons. The standard InChI is InChI=1S/C16H23F3N2/c1-12(21(2)11-15-8-3-4-9-20-15)13-6-5-7-14(10-13)16(17,18)19/h5-7,10,12,15,20H,3-4,8-9,11H2,1-2H3. The van der Waals surface area contributed by atoms with E-state index in [-0.39, 0.29) is 6.04 Å². The van der Waals surface area contributed by atoms with E-state index >= 15 is 0 Å². The van der Waals surface area contributed by atoms with E-state index < -0.39 is 11.7 Å². The third kappa shape index (κ3) is 4.45. The van der Waals surface area contributed by atoms with Gasteiger partial charge in [0, 0.05) is 18.6 Å². The molecule has 5 heteroatoms. The van der Waals surface area contributed by atoms with Crippen molar-refractivity contribution >= 4 is 0 Å². The normalized spacial score (nSPS) is 21.5. The minimum atomic E-state index is -4.28. The topological polar surface area (TPSA) is 15.3 Å². The number of benzene rings is 1. The molecule has 0 amide bonds. The molecule has 0 aromatic heterocycles. The molecule has 1 aromatic carbocycles. The van der Waals surface area contributed by atoms with Crippen LogP contribution in [0.1, 0.15) is 43.4 Å². The molecule has 2 atom stereocenters. The first-order valence-corrected chi connectivity index (χ1v) is 7.48. The number of nitrogens with zero attached hydrogens (tertiary/aromatic N) is 1. The van der Waals surface area contributed by atoms with E-state index in [0.29, 0.717) is 11.6 Å². The fourth-order valence-corrected chi connectivity index (χ4v) is 2.81. The van der Waals surface area contributed by atoms with Gasteiger partial charge in [0.05, 0.1) is 5.56 Å². The lowest BCUT2D eigenvalue weighted by atomic mass is 10.0. The van der Waals surface area contributed by atoms with Gasteiger partial charge in [-0.1, -0.05) is 18.6 Å². The summed E-state index contributed by atoms with van der Waals surface area (Å²) < 4.78 is 38.3. The highest BCUT2D eigenvalue weighted by Crippen LogP contribution is 2.31. The number of piperidine rings is 1. The summed E-state index contributed by atoms with van der Waals surface area (Å²) in [5.41, 5.74) is 0.138. The molecule has 0 aliphatic carbocycles. The second kappa shape index (κ2) is 6.79. The molecule has 2 rings (SSSR count). The molecule has 1 saturated heterocycles. The van der Waals surface area contributed by atoms with Gasteiger partial charge in [0.15, 0.2) is 0 Å². The lowest BCUT2D eigenvalue weighted by molar-refractivity contribution is -0.137. The molecule has 21 heavy (non-hydrogen) atoms. The molecule has 1 N–H and O–H groups in total. The summed E-state index contributed by atoms with van der Waals surface area (Å²) in [4.78, 5) is 2.12. The van der Waals surface area contributed by atoms with Crippen molar-refractivity contribution < 1.29 is 13.2 Å². The van der Waals surface area contributed by atoms with Gasteiger partial charge < -0.3 is 5.32 Å². The maximum Gasteiger partial charge on any atom is 0.416 e.